The number of pyridine rings is 1. The number of carbonyl (C=O) groups is 2. The summed E-state index contributed by atoms with van der Waals surface area (Å²) in [6.45, 7) is 5.21. The summed E-state index contributed by atoms with van der Waals surface area (Å²) in [5, 5.41) is 11.9. The molecule has 0 fully saturated rings. The average Bonchev–Trinajstić information content (AvgIpc) is 2.81. The van der Waals surface area contributed by atoms with Crippen LogP contribution >= 0.6 is 11.3 Å². The molecule has 1 amide bonds. The average molecular weight is 321 g/mol. The molecule has 22 heavy (non-hydrogen) atoms. The summed E-state index contributed by atoms with van der Waals surface area (Å²) in [5.74, 6) is -1.17. The molecule has 0 aromatic carbocycles. The molecule has 2 aromatic rings. The quantitative estimate of drug-likeness (QED) is 0.899. The summed E-state index contributed by atoms with van der Waals surface area (Å²) < 4.78 is 5.12. The highest BCUT2D eigenvalue weighted by Gasteiger charge is 2.22. The van der Waals surface area contributed by atoms with Crippen molar-refractivity contribution in [2.24, 2.45) is 0 Å². The molecule has 8 heteroatoms. The number of amides is 1. The van der Waals surface area contributed by atoms with Crippen molar-refractivity contribution < 1.29 is 19.4 Å². The summed E-state index contributed by atoms with van der Waals surface area (Å²) in [4.78, 5) is 31.3. The first-order valence-electron chi connectivity index (χ1n) is 6.41. The van der Waals surface area contributed by atoms with Gasteiger partial charge < -0.3 is 9.84 Å². The van der Waals surface area contributed by atoms with Crippen molar-refractivity contribution in [2.45, 2.75) is 26.4 Å². The molecule has 0 bridgehead atoms. The van der Waals surface area contributed by atoms with Gasteiger partial charge in [0.1, 0.15) is 5.60 Å². The lowest BCUT2D eigenvalue weighted by Crippen LogP contribution is -2.27. The maximum atomic E-state index is 11.7. The molecule has 2 rings (SSSR count). The van der Waals surface area contributed by atoms with E-state index < -0.39 is 17.7 Å². The van der Waals surface area contributed by atoms with Gasteiger partial charge in [-0.2, -0.15) is 0 Å². The molecule has 0 spiro atoms. The van der Waals surface area contributed by atoms with Crippen LogP contribution in [0.25, 0.3) is 10.4 Å². The predicted molar refractivity (Wildman–Crippen MR) is 82.2 cm³/mol. The van der Waals surface area contributed by atoms with Crippen molar-refractivity contribution in [1.29, 1.82) is 0 Å². The number of hydrogen-bond donors (Lipinski definition) is 2. The number of hydrogen-bond acceptors (Lipinski definition) is 6. The number of ether oxygens (including phenoxy) is 1. The van der Waals surface area contributed by atoms with Crippen LogP contribution < -0.4 is 5.32 Å². The molecular formula is C14H15N3O4S. The van der Waals surface area contributed by atoms with Crippen LogP contribution in [0.15, 0.2) is 24.5 Å². The van der Waals surface area contributed by atoms with E-state index in [0.717, 1.165) is 11.3 Å². The Balaban J connectivity index is 2.28. The largest absolute Gasteiger partial charge is 0.476 e. The van der Waals surface area contributed by atoms with Crippen LogP contribution in [-0.4, -0.2) is 32.7 Å². The fraction of sp³-hybridized carbons (Fsp3) is 0.286. The fourth-order valence-corrected chi connectivity index (χ4v) is 2.56. The first-order chi connectivity index (χ1) is 10.3. The highest BCUT2D eigenvalue weighted by atomic mass is 32.1. The first-order valence-corrected chi connectivity index (χ1v) is 7.22. The molecule has 7 nitrogen and oxygen atoms in total. The molecule has 0 radical (unpaired) electrons. The van der Waals surface area contributed by atoms with Crippen molar-refractivity contribution in [1.82, 2.24) is 9.97 Å². The Morgan fingerprint density at radius 3 is 2.45 bits per heavy atom. The number of aromatic carboxylic acids is 1. The zero-order valence-corrected chi connectivity index (χ0v) is 13.1. The highest BCUT2D eigenvalue weighted by Crippen LogP contribution is 2.33. The second-order valence-corrected chi connectivity index (χ2v) is 6.36. The predicted octanol–water partition coefficient (Wildman–Crippen LogP) is 3.25. The molecule has 0 saturated heterocycles. The Morgan fingerprint density at radius 2 is 1.91 bits per heavy atom. The van der Waals surface area contributed by atoms with E-state index in [0.29, 0.717) is 10.4 Å². The highest BCUT2D eigenvalue weighted by molar-refractivity contribution is 7.19. The fourth-order valence-electron chi connectivity index (χ4n) is 1.61. The molecule has 0 aliphatic rings. The first kappa shape index (κ1) is 15.9. The van der Waals surface area contributed by atoms with E-state index in [9.17, 15) is 14.7 Å². The second-order valence-electron chi connectivity index (χ2n) is 5.36. The molecule has 0 atom stereocenters. The molecule has 116 valence electrons. The van der Waals surface area contributed by atoms with Crippen molar-refractivity contribution in [2.75, 3.05) is 5.32 Å². The van der Waals surface area contributed by atoms with Gasteiger partial charge in [-0.25, -0.2) is 14.6 Å². The minimum absolute atomic E-state index is 0.123. The summed E-state index contributed by atoms with van der Waals surface area (Å²) in [6.07, 6.45) is 2.43. The number of nitrogens with zero attached hydrogens (tertiary/aromatic N) is 2. The van der Waals surface area contributed by atoms with E-state index in [-0.39, 0.29) is 10.8 Å². The van der Waals surface area contributed by atoms with Crippen molar-refractivity contribution >= 4 is 28.5 Å². The lowest BCUT2D eigenvalue weighted by molar-refractivity contribution is 0.0632. The van der Waals surface area contributed by atoms with Crippen molar-refractivity contribution in [3.63, 3.8) is 0 Å². The van der Waals surface area contributed by atoms with E-state index in [1.54, 1.807) is 45.3 Å². The standard InChI is InChI=1S/C14H15N3O4S/c1-14(2,3)21-13(20)17-12-16-9(11(18)19)10(22-12)8-4-6-15-7-5-8/h4-7H,1-3H3,(H,18,19)(H,16,17,20). The van der Waals surface area contributed by atoms with Gasteiger partial charge in [-0.15, -0.1) is 0 Å². The van der Waals surface area contributed by atoms with Crippen LogP contribution in [-0.2, 0) is 4.74 Å². The molecule has 2 aromatic heterocycles. The van der Waals surface area contributed by atoms with Crippen molar-refractivity contribution in [3.8, 4) is 10.4 Å². The molecule has 0 saturated carbocycles. The SMILES string of the molecule is CC(C)(C)OC(=O)Nc1nc(C(=O)O)c(-c2ccncc2)s1. The van der Waals surface area contributed by atoms with Crippen molar-refractivity contribution in [3.05, 3.63) is 30.2 Å². The maximum Gasteiger partial charge on any atom is 0.413 e. The third kappa shape index (κ3) is 4.01. The number of nitrogens with one attached hydrogen (secondary N) is 1. The van der Waals surface area contributed by atoms with Gasteiger partial charge in [-0.05, 0) is 38.5 Å². The lowest BCUT2D eigenvalue weighted by Gasteiger charge is -2.18. The van der Waals surface area contributed by atoms with E-state index in [4.69, 9.17) is 4.74 Å². The lowest BCUT2D eigenvalue weighted by atomic mass is 10.2. The van der Waals surface area contributed by atoms with Gasteiger partial charge in [0.05, 0.1) is 4.88 Å². The van der Waals surface area contributed by atoms with Gasteiger partial charge in [0.25, 0.3) is 0 Å². The van der Waals surface area contributed by atoms with Crippen LogP contribution in [0.1, 0.15) is 31.3 Å². The molecule has 2 heterocycles. The Labute approximate surface area is 131 Å². The number of rotatable bonds is 3. The Bertz CT molecular complexity index is 692. The summed E-state index contributed by atoms with van der Waals surface area (Å²) >= 11 is 1.06. The molecule has 0 aliphatic carbocycles. The van der Waals surface area contributed by atoms with Gasteiger partial charge in [-0.1, -0.05) is 11.3 Å². The third-order valence-electron chi connectivity index (χ3n) is 2.38. The summed E-state index contributed by atoms with van der Waals surface area (Å²) in [7, 11) is 0. The minimum Gasteiger partial charge on any atom is -0.476 e. The smallest absolute Gasteiger partial charge is 0.413 e. The molecule has 2 N–H and O–H groups in total. The normalized spacial score (nSPS) is 11.0. The molecule has 0 aliphatic heterocycles. The van der Waals surface area contributed by atoms with Crippen LogP contribution in [0.3, 0.4) is 0 Å². The van der Waals surface area contributed by atoms with E-state index in [2.05, 4.69) is 15.3 Å². The van der Waals surface area contributed by atoms with Gasteiger partial charge in [0.2, 0.25) is 0 Å². The van der Waals surface area contributed by atoms with Crippen LogP contribution in [0.2, 0.25) is 0 Å². The zero-order valence-electron chi connectivity index (χ0n) is 12.3. The van der Waals surface area contributed by atoms with Gasteiger partial charge >= 0.3 is 12.1 Å². The second kappa shape index (κ2) is 6.10. The van der Waals surface area contributed by atoms with Gasteiger partial charge in [0, 0.05) is 12.4 Å². The van der Waals surface area contributed by atoms with Crippen LogP contribution in [0, 0.1) is 0 Å². The van der Waals surface area contributed by atoms with E-state index in [1.807, 2.05) is 0 Å². The van der Waals surface area contributed by atoms with E-state index in [1.165, 1.54) is 0 Å². The van der Waals surface area contributed by atoms with Gasteiger partial charge in [0.15, 0.2) is 10.8 Å². The zero-order chi connectivity index (χ0) is 16.3. The molecule has 0 unspecified atom stereocenters. The van der Waals surface area contributed by atoms with E-state index >= 15 is 0 Å². The third-order valence-corrected chi connectivity index (χ3v) is 3.40. The maximum absolute atomic E-state index is 11.7. The molecular weight excluding hydrogens is 306 g/mol. The topological polar surface area (TPSA) is 101 Å². The number of carboxylic acids is 1. The number of carbonyl (C=O) groups excluding carboxylic acids is 1. The van der Waals surface area contributed by atoms with Gasteiger partial charge in [-0.3, -0.25) is 10.3 Å². The summed E-state index contributed by atoms with van der Waals surface area (Å²) in [6, 6.07) is 3.36. The number of aromatic nitrogens is 2. The summed E-state index contributed by atoms with van der Waals surface area (Å²) in [5.41, 5.74) is -0.102. The Morgan fingerprint density at radius 1 is 1.27 bits per heavy atom. The van der Waals surface area contributed by atoms with Crippen LogP contribution in [0.5, 0.6) is 0 Å². The number of carboxylic acid groups (broad SMARTS) is 1. The minimum atomic E-state index is -1.17. The monoisotopic (exact) mass is 321 g/mol. The Kier molecular flexibility index (Phi) is 4.41. The number of thiazole rings is 1. The van der Waals surface area contributed by atoms with Crippen LogP contribution in [0.4, 0.5) is 9.93 Å². The number of anilines is 1. The Hall–Kier alpha value is -2.48.